The second-order valence-electron chi connectivity index (χ2n) is 1.11. The molecule has 0 rings (SSSR count). The summed E-state index contributed by atoms with van der Waals surface area (Å²) in [6.07, 6.45) is 0.740. The van der Waals surface area contributed by atoms with Crippen molar-refractivity contribution in [3.05, 3.63) is 0 Å². The van der Waals surface area contributed by atoms with Crippen LogP contribution in [0.25, 0.3) is 0 Å². The van der Waals surface area contributed by atoms with Crippen LogP contribution in [0.1, 0.15) is 6.42 Å². The molecule has 0 aliphatic rings. The van der Waals surface area contributed by atoms with Gasteiger partial charge in [0.25, 0.3) is 0 Å². The molecule has 0 heterocycles. The lowest BCUT2D eigenvalue weighted by Gasteiger charge is -1.85. The lowest BCUT2D eigenvalue weighted by atomic mass is 10.4. The first-order chi connectivity index (χ1) is 3.31. The van der Waals surface area contributed by atoms with Gasteiger partial charge in [-0.05, 0) is 0 Å². The molecule has 0 amide bonds. The van der Waals surface area contributed by atoms with Gasteiger partial charge < -0.3 is 0 Å². The van der Waals surface area contributed by atoms with E-state index in [9.17, 15) is 4.79 Å². The van der Waals surface area contributed by atoms with Crippen molar-refractivity contribution in [2.45, 2.75) is 6.42 Å². The maximum Gasteiger partial charge on any atom is 0.143 e. The van der Waals surface area contributed by atoms with E-state index in [0.29, 0.717) is 10.2 Å². The van der Waals surface area contributed by atoms with Gasteiger partial charge in [0, 0.05) is 10.8 Å². The third-order valence-electron chi connectivity index (χ3n) is 0.522. The molecule has 0 N–H and O–H groups in total. The summed E-state index contributed by atoms with van der Waals surface area (Å²) in [4.78, 5) is 10.4. The summed E-state index contributed by atoms with van der Waals surface area (Å²) < 4.78 is 1.63. The summed E-state index contributed by atoms with van der Waals surface area (Å²) in [5.41, 5.74) is 0. The molecule has 0 saturated heterocycles. The van der Waals surface area contributed by atoms with Gasteiger partial charge in [-0.1, -0.05) is 45.2 Å². The first-order valence-electron chi connectivity index (χ1n) is 1.95. The number of hydrogen-bond donors (Lipinski definition) is 0. The van der Waals surface area contributed by atoms with Crippen LogP contribution in [0.3, 0.4) is 0 Å². The summed E-state index contributed by atoms with van der Waals surface area (Å²) in [6.45, 7) is 0. The van der Waals surface area contributed by atoms with Crippen molar-refractivity contribution < 1.29 is 4.79 Å². The molecule has 0 radical (unpaired) electrons. The van der Waals surface area contributed by atoms with Crippen LogP contribution >= 0.6 is 45.2 Å². The third kappa shape index (κ3) is 4.99. The summed E-state index contributed by atoms with van der Waals surface area (Å²) in [5, 5.41) is 0. The van der Waals surface area contributed by atoms with Crippen LogP contribution < -0.4 is 0 Å². The molecule has 0 bridgehead atoms. The largest absolute Gasteiger partial charge is 0.299 e. The fourth-order valence-electron chi connectivity index (χ4n) is 0.172. The van der Waals surface area contributed by atoms with Crippen LogP contribution in [0, 0.1) is 0 Å². The zero-order valence-electron chi connectivity index (χ0n) is 3.79. The smallest absolute Gasteiger partial charge is 0.143 e. The van der Waals surface area contributed by atoms with Crippen LogP contribution in [-0.4, -0.2) is 14.6 Å². The second kappa shape index (κ2) is 5.27. The second-order valence-corrected chi connectivity index (χ2v) is 2.95. The van der Waals surface area contributed by atoms with Crippen LogP contribution in [0.2, 0.25) is 0 Å². The van der Waals surface area contributed by atoms with Crippen molar-refractivity contribution in [2.24, 2.45) is 0 Å². The minimum atomic E-state index is 0.356. The molecule has 1 nitrogen and oxygen atoms in total. The number of rotatable bonds is 3. The zero-order valence-corrected chi connectivity index (χ0v) is 8.10. The first kappa shape index (κ1) is 8.13. The molecule has 0 aromatic carbocycles. The summed E-state index contributed by atoms with van der Waals surface area (Å²) in [6, 6.07) is 0. The highest BCUT2D eigenvalue weighted by Gasteiger charge is 1.93. The Morgan fingerprint density at radius 1 is 1.43 bits per heavy atom. The zero-order chi connectivity index (χ0) is 5.70. The highest BCUT2D eigenvalue weighted by Crippen LogP contribution is 1.92. The van der Waals surface area contributed by atoms with Crippen LogP contribution in [0.4, 0.5) is 0 Å². The lowest BCUT2D eigenvalue weighted by molar-refractivity contribution is -0.115. The van der Waals surface area contributed by atoms with E-state index < -0.39 is 0 Å². The van der Waals surface area contributed by atoms with Gasteiger partial charge in [0.1, 0.15) is 5.78 Å². The van der Waals surface area contributed by atoms with Gasteiger partial charge in [-0.3, -0.25) is 4.79 Å². The highest BCUT2D eigenvalue weighted by molar-refractivity contribution is 14.1. The number of ketones is 1. The lowest BCUT2D eigenvalue weighted by Crippen LogP contribution is -1.97. The number of Topliss-reactive ketones (excluding diaryl/α,β-unsaturated/α-hetero) is 1. The Bertz CT molecular complexity index is 62.7. The Morgan fingerprint density at radius 3 is 2.14 bits per heavy atom. The molecule has 42 valence electrons. The van der Waals surface area contributed by atoms with Gasteiger partial charge in [0.15, 0.2) is 0 Å². The van der Waals surface area contributed by atoms with Gasteiger partial charge in [0.05, 0.1) is 4.43 Å². The van der Waals surface area contributed by atoms with Crippen molar-refractivity contribution >= 4 is 51.0 Å². The van der Waals surface area contributed by atoms with Crippen molar-refractivity contribution in [1.82, 2.24) is 0 Å². The predicted octanol–water partition coefficient (Wildman–Crippen LogP) is 1.82. The fraction of sp³-hybridized carbons (Fsp3) is 0.750. The topological polar surface area (TPSA) is 17.1 Å². The van der Waals surface area contributed by atoms with E-state index >= 15 is 0 Å². The van der Waals surface area contributed by atoms with Crippen molar-refractivity contribution in [3.8, 4) is 0 Å². The summed E-state index contributed by atoms with van der Waals surface area (Å²) in [7, 11) is 0. The summed E-state index contributed by atoms with van der Waals surface area (Å²) >= 11 is 4.29. The molecule has 0 unspecified atom stereocenters. The van der Waals surface area contributed by atoms with Crippen molar-refractivity contribution in [2.75, 3.05) is 8.86 Å². The third-order valence-corrected chi connectivity index (χ3v) is 1.91. The molecule has 0 saturated carbocycles. The van der Waals surface area contributed by atoms with Crippen LogP contribution in [0.15, 0.2) is 0 Å². The maximum absolute atomic E-state index is 10.4. The molecule has 0 aliphatic carbocycles. The molecular formula is C4H6I2O. The van der Waals surface area contributed by atoms with Gasteiger partial charge in [-0.25, -0.2) is 0 Å². The summed E-state index contributed by atoms with van der Waals surface area (Å²) in [5.74, 6) is 0.356. The standard InChI is InChI=1S/C4H6I2O/c5-2-1-4(7)3-6/h1-3H2. The van der Waals surface area contributed by atoms with E-state index in [4.69, 9.17) is 0 Å². The van der Waals surface area contributed by atoms with E-state index in [-0.39, 0.29) is 0 Å². The number of carbonyl (C=O) groups is 1. The van der Waals surface area contributed by atoms with Gasteiger partial charge >= 0.3 is 0 Å². The molecule has 0 fully saturated rings. The van der Waals surface area contributed by atoms with E-state index in [2.05, 4.69) is 45.2 Å². The van der Waals surface area contributed by atoms with Crippen LogP contribution in [-0.2, 0) is 4.79 Å². The molecular weight excluding hydrogens is 318 g/mol. The number of halogens is 2. The minimum Gasteiger partial charge on any atom is -0.299 e. The average Bonchev–Trinajstić information content (AvgIpc) is 1.68. The molecule has 0 spiro atoms. The number of hydrogen-bond acceptors (Lipinski definition) is 1. The quantitative estimate of drug-likeness (QED) is 0.572. The Kier molecular flexibility index (Phi) is 6.12. The van der Waals surface area contributed by atoms with Gasteiger partial charge in [-0.15, -0.1) is 0 Å². The number of alkyl halides is 2. The minimum absolute atomic E-state index is 0.356. The van der Waals surface area contributed by atoms with E-state index in [0.717, 1.165) is 10.8 Å². The van der Waals surface area contributed by atoms with Crippen LogP contribution in [0.5, 0.6) is 0 Å². The van der Waals surface area contributed by atoms with Gasteiger partial charge in [-0.2, -0.15) is 0 Å². The molecule has 0 atom stereocenters. The van der Waals surface area contributed by atoms with E-state index in [1.807, 2.05) is 0 Å². The Labute approximate surface area is 70.5 Å². The molecule has 0 aromatic rings. The molecule has 0 aliphatic heterocycles. The van der Waals surface area contributed by atoms with Crippen molar-refractivity contribution in [1.29, 1.82) is 0 Å². The predicted molar refractivity (Wildman–Crippen MR) is 47.4 cm³/mol. The highest BCUT2D eigenvalue weighted by atomic mass is 127. The normalized spacial score (nSPS) is 8.86. The Hall–Kier alpha value is 1.13. The molecule has 3 heteroatoms. The van der Waals surface area contributed by atoms with E-state index in [1.165, 1.54) is 0 Å². The van der Waals surface area contributed by atoms with Crippen molar-refractivity contribution in [3.63, 3.8) is 0 Å². The van der Waals surface area contributed by atoms with E-state index in [1.54, 1.807) is 0 Å². The first-order valence-corrected chi connectivity index (χ1v) is 5.00. The molecule has 7 heavy (non-hydrogen) atoms. The Morgan fingerprint density at radius 2 is 2.00 bits per heavy atom. The average molecular weight is 324 g/mol. The Balaban J connectivity index is 3.00. The van der Waals surface area contributed by atoms with Gasteiger partial charge in [0.2, 0.25) is 0 Å². The fourth-order valence-corrected chi connectivity index (χ4v) is 1.16. The number of carbonyl (C=O) groups excluding carboxylic acids is 1. The SMILES string of the molecule is O=C(CI)CCI. The molecule has 0 aromatic heterocycles. The maximum atomic E-state index is 10.4. The monoisotopic (exact) mass is 324 g/mol.